The molecule has 0 unspecified atom stereocenters. The highest BCUT2D eigenvalue weighted by atomic mass is 16.5. The van der Waals surface area contributed by atoms with Gasteiger partial charge in [0.05, 0.1) is 14.2 Å². The number of hydrogen-bond donors (Lipinski definition) is 0. The average Bonchev–Trinajstić information content (AvgIpc) is 2.75. The van der Waals surface area contributed by atoms with Crippen molar-refractivity contribution >= 4 is 11.7 Å². The Hall–Kier alpha value is -2.86. The summed E-state index contributed by atoms with van der Waals surface area (Å²) in [5, 5.41) is 0. The van der Waals surface area contributed by atoms with E-state index in [9.17, 15) is 9.59 Å². The predicted molar refractivity (Wildman–Crippen MR) is 121 cm³/mol. The van der Waals surface area contributed by atoms with Gasteiger partial charge in [-0.2, -0.15) is 0 Å². The Kier molecular flexibility index (Phi) is 7.01. The Labute approximate surface area is 184 Å². The number of benzene rings is 2. The molecule has 0 radical (unpaired) electrons. The molecule has 1 heterocycles. The lowest BCUT2D eigenvalue weighted by atomic mass is 9.91. The minimum absolute atomic E-state index is 0.0154. The molecule has 1 aliphatic heterocycles. The largest absolute Gasteiger partial charge is 0.497 e. The third-order valence-corrected chi connectivity index (χ3v) is 6.12. The molecule has 0 bridgehead atoms. The van der Waals surface area contributed by atoms with Gasteiger partial charge in [0, 0.05) is 49.9 Å². The van der Waals surface area contributed by atoms with E-state index in [0.29, 0.717) is 30.2 Å². The molecule has 1 saturated heterocycles. The first-order valence-electron chi connectivity index (χ1n) is 10.6. The van der Waals surface area contributed by atoms with E-state index >= 15 is 0 Å². The van der Waals surface area contributed by atoms with Gasteiger partial charge in [-0.05, 0) is 62.1 Å². The van der Waals surface area contributed by atoms with Crippen molar-refractivity contribution < 1.29 is 19.1 Å². The molecule has 6 nitrogen and oxygen atoms in total. The highest BCUT2D eigenvalue weighted by Gasteiger charge is 2.24. The molecule has 1 fully saturated rings. The van der Waals surface area contributed by atoms with Crippen LogP contribution in [0.25, 0.3) is 0 Å². The number of methoxy groups -OCH3 is 2. The maximum Gasteiger partial charge on any atom is 0.254 e. The van der Waals surface area contributed by atoms with Crippen molar-refractivity contribution in [1.29, 1.82) is 0 Å². The van der Waals surface area contributed by atoms with E-state index in [1.54, 1.807) is 39.3 Å². The standard InChI is InChI=1S/C25H32N2O4/c1-16-11-17(2)24(19(4)28)18(3)23(16)15-26-7-9-27(10-8-26)25(29)20-12-21(30-5)14-22(13-20)31-6/h11-14H,7-10,15H2,1-6H3. The molecule has 1 aliphatic rings. The lowest BCUT2D eigenvalue weighted by molar-refractivity contribution is 0.0627. The first-order valence-corrected chi connectivity index (χ1v) is 10.6. The fourth-order valence-electron chi connectivity index (χ4n) is 4.46. The molecule has 6 heteroatoms. The number of aryl methyl sites for hydroxylation is 2. The Balaban J connectivity index is 1.70. The van der Waals surface area contributed by atoms with Crippen LogP contribution < -0.4 is 9.47 Å². The van der Waals surface area contributed by atoms with Crippen LogP contribution in [0.3, 0.4) is 0 Å². The molecule has 0 spiro atoms. The summed E-state index contributed by atoms with van der Waals surface area (Å²) in [7, 11) is 3.16. The smallest absolute Gasteiger partial charge is 0.254 e. The summed E-state index contributed by atoms with van der Waals surface area (Å²) >= 11 is 0. The average molecular weight is 425 g/mol. The lowest BCUT2D eigenvalue weighted by Gasteiger charge is -2.35. The summed E-state index contributed by atoms with van der Waals surface area (Å²) in [6, 6.07) is 7.37. The van der Waals surface area contributed by atoms with E-state index in [1.165, 1.54) is 11.1 Å². The summed E-state index contributed by atoms with van der Waals surface area (Å²) < 4.78 is 10.6. The molecule has 31 heavy (non-hydrogen) atoms. The SMILES string of the molecule is COc1cc(OC)cc(C(=O)N2CCN(Cc3c(C)cc(C)c(C(C)=O)c3C)CC2)c1. The number of ketones is 1. The Morgan fingerprint density at radius 1 is 0.871 bits per heavy atom. The van der Waals surface area contributed by atoms with Crippen molar-refractivity contribution in [2.45, 2.75) is 34.2 Å². The topological polar surface area (TPSA) is 59.1 Å². The van der Waals surface area contributed by atoms with Gasteiger partial charge in [0.25, 0.3) is 5.91 Å². The number of nitrogens with zero attached hydrogens (tertiary/aromatic N) is 2. The van der Waals surface area contributed by atoms with Crippen LogP contribution in [-0.2, 0) is 6.54 Å². The van der Waals surface area contributed by atoms with Crippen molar-refractivity contribution in [2.24, 2.45) is 0 Å². The van der Waals surface area contributed by atoms with Gasteiger partial charge in [0.15, 0.2) is 5.78 Å². The predicted octanol–water partition coefficient (Wildman–Crippen LogP) is 3.79. The normalized spacial score (nSPS) is 14.5. The molecule has 0 saturated carbocycles. The van der Waals surface area contributed by atoms with Crippen molar-refractivity contribution in [3.8, 4) is 11.5 Å². The van der Waals surface area contributed by atoms with E-state index in [2.05, 4.69) is 17.9 Å². The zero-order valence-electron chi connectivity index (χ0n) is 19.4. The van der Waals surface area contributed by atoms with Crippen LogP contribution in [0.15, 0.2) is 24.3 Å². The monoisotopic (exact) mass is 424 g/mol. The van der Waals surface area contributed by atoms with Crippen LogP contribution in [-0.4, -0.2) is 61.9 Å². The number of Topliss-reactive ketones (excluding diaryl/α,β-unsaturated/α-hetero) is 1. The third-order valence-electron chi connectivity index (χ3n) is 6.12. The molecule has 1 amide bonds. The van der Waals surface area contributed by atoms with E-state index in [4.69, 9.17) is 9.47 Å². The van der Waals surface area contributed by atoms with Gasteiger partial charge < -0.3 is 14.4 Å². The molecule has 2 aromatic rings. The maximum atomic E-state index is 13.0. The van der Waals surface area contributed by atoms with E-state index in [1.807, 2.05) is 18.7 Å². The maximum absolute atomic E-state index is 13.0. The summed E-state index contributed by atoms with van der Waals surface area (Å²) in [6.45, 7) is 11.4. The van der Waals surface area contributed by atoms with Crippen molar-refractivity contribution in [3.05, 3.63) is 57.6 Å². The van der Waals surface area contributed by atoms with Gasteiger partial charge in [-0.15, -0.1) is 0 Å². The molecule has 0 aromatic heterocycles. The number of ether oxygens (including phenoxy) is 2. The Bertz CT molecular complexity index is 969. The van der Waals surface area contributed by atoms with Gasteiger partial charge in [0.2, 0.25) is 0 Å². The number of carbonyl (C=O) groups is 2. The summed E-state index contributed by atoms with van der Waals surface area (Å²) in [5.41, 5.74) is 5.94. The first kappa shape index (κ1) is 22.8. The minimum Gasteiger partial charge on any atom is -0.497 e. The number of amides is 1. The molecule has 0 atom stereocenters. The van der Waals surface area contributed by atoms with Crippen molar-refractivity contribution in [3.63, 3.8) is 0 Å². The molecular weight excluding hydrogens is 392 g/mol. The van der Waals surface area contributed by atoms with E-state index < -0.39 is 0 Å². The van der Waals surface area contributed by atoms with Crippen molar-refractivity contribution in [2.75, 3.05) is 40.4 Å². The first-order chi connectivity index (χ1) is 14.7. The Morgan fingerprint density at radius 3 is 1.97 bits per heavy atom. The Morgan fingerprint density at radius 2 is 1.45 bits per heavy atom. The second-order valence-electron chi connectivity index (χ2n) is 8.21. The molecule has 2 aromatic carbocycles. The molecular formula is C25H32N2O4. The molecule has 3 rings (SSSR count). The van der Waals surface area contributed by atoms with Gasteiger partial charge in [-0.3, -0.25) is 14.5 Å². The number of carbonyl (C=O) groups excluding carboxylic acids is 2. The zero-order chi connectivity index (χ0) is 22.7. The minimum atomic E-state index is -0.0154. The molecule has 166 valence electrons. The van der Waals surface area contributed by atoms with Gasteiger partial charge in [0.1, 0.15) is 11.5 Å². The van der Waals surface area contributed by atoms with Crippen LogP contribution in [0, 0.1) is 20.8 Å². The highest BCUT2D eigenvalue weighted by Crippen LogP contribution is 2.26. The van der Waals surface area contributed by atoms with Gasteiger partial charge in [-0.25, -0.2) is 0 Å². The van der Waals surface area contributed by atoms with Gasteiger partial charge in [-0.1, -0.05) is 6.07 Å². The fourth-order valence-corrected chi connectivity index (χ4v) is 4.46. The van der Waals surface area contributed by atoms with Crippen LogP contribution >= 0.6 is 0 Å². The van der Waals surface area contributed by atoms with Crippen LogP contribution in [0.1, 0.15) is 49.9 Å². The fraction of sp³-hybridized carbons (Fsp3) is 0.440. The summed E-state index contributed by atoms with van der Waals surface area (Å²) in [5.74, 6) is 1.31. The third kappa shape index (κ3) is 4.90. The van der Waals surface area contributed by atoms with Crippen molar-refractivity contribution in [1.82, 2.24) is 9.80 Å². The quantitative estimate of drug-likeness (QED) is 0.661. The highest BCUT2D eigenvalue weighted by molar-refractivity contribution is 5.97. The second kappa shape index (κ2) is 9.52. The zero-order valence-corrected chi connectivity index (χ0v) is 19.4. The van der Waals surface area contributed by atoms with Crippen LogP contribution in [0.2, 0.25) is 0 Å². The van der Waals surface area contributed by atoms with Crippen LogP contribution in [0.5, 0.6) is 11.5 Å². The van der Waals surface area contributed by atoms with E-state index in [-0.39, 0.29) is 11.7 Å². The van der Waals surface area contributed by atoms with Crippen LogP contribution in [0.4, 0.5) is 0 Å². The van der Waals surface area contributed by atoms with Gasteiger partial charge >= 0.3 is 0 Å². The second-order valence-corrected chi connectivity index (χ2v) is 8.21. The summed E-state index contributed by atoms with van der Waals surface area (Å²) in [4.78, 5) is 29.4. The number of piperazine rings is 1. The van der Waals surface area contributed by atoms with E-state index in [0.717, 1.165) is 36.3 Å². The number of hydrogen-bond acceptors (Lipinski definition) is 5. The molecule has 0 N–H and O–H groups in total. The molecule has 0 aliphatic carbocycles. The number of rotatable bonds is 6. The lowest BCUT2D eigenvalue weighted by Crippen LogP contribution is -2.48. The summed E-state index contributed by atoms with van der Waals surface area (Å²) in [6.07, 6.45) is 0.